The monoisotopic (exact) mass is 267 g/mol. The SMILES string of the molecule is Cc1cccc(OC(C)N2c3ccccc3CC2C)c1. The number of benzene rings is 2. The predicted octanol–water partition coefficient (Wildman–Crippen LogP) is 4.17. The van der Waals surface area contributed by atoms with E-state index in [4.69, 9.17) is 4.74 Å². The van der Waals surface area contributed by atoms with Gasteiger partial charge in [0.1, 0.15) is 5.75 Å². The van der Waals surface area contributed by atoms with Gasteiger partial charge in [-0.15, -0.1) is 0 Å². The summed E-state index contributed by atoms with van der Waals surface area (Å²) in [7, 11) is 0. The van der Waals surface area contributed by atoms with E-state index in [0.717, 1.165) is 12.2 Å². The highest BCUT2D eigenvalue weighted by atomic mass is 16.5. The van der Waals surface area contributed by atoms with Crippen molar-refractivity contribution in [3.8, 4) is 5.75 Å². The van der Waals surface area contributed by atoms with Crippen LogP contribution < -0.4 is 9.64 Å². The molecule has 0 saturated carbocycles. The van der Waals surface area contributed by atoms with Gasteiger partial charge in [0, 0.05) is 11.7 Å². The minimum atomic E-state index is 0.0375. The van der Waals surface area contributed by atoms with E-state index in [9.17, 15) is 0 Å². The highest BCUT2D eigenvalue weighted by Gasteiger charge is 2.30. The molecule has 1 heterocycles. The van der Waals surface area contributed by atoms with Crippen molar-refractivity contribution in [2.24, 2.45) is 0 Å². The number of para-hydroxylation sites is 1. The Morgan fingerprint density at radius 2 is 1.95 bits per heavy atom. The molecular formula is C18H21NO. The normalized spacial score (nSPS) is 18.8. The Hall–Kier alpha value is -1.96. The van der Waals surface area contributed by atoms with E-state index in [0.29, 0.717) is 6.04 Å². The van der Waals surface area contributed by atoms with Crippen molar-refractivity contribution in [3.63, 3.8) is 0 Å². The summed E-state index contributed by atoms with van der Waals surface area (Å²) in [6.07, 6.45) is 1.13. The van der Waals surface area contributed by atoms with Crippen LogP contribution in [-0.4, -0.2) is 12.3 Å². The molecule has 0 N–H and O–H groups in total. The Kier molecular flexibility index (Phi) is 3.39. The molecule has 2 atom stereocenters. The second-order valence-corrected chi connectivity index (χ2v) is 5.62. The first-order valence-corrected chi connectivity index (χ1v) is 7.25. The van der Waals surface area contributed by atoms with E-state index in [1.807, 2.05) is 12.1 Å². The molecule has 104 valence electrons. The molecule has 1 aliphatic rings. The van der Waals surface area contributed by atoms with Gasteiger partial charge in [0.05, 0.1) is 0 Å². The summed E-state index contributed by atoms with van der Waals surface area (Å²) in [6, 6.07) is 17.3. The molecule has 2 unspecified atom stereocenters. The summed E-state index contributed by atoms with van der Waals surface area (Å²) >= 11 is 0. The summed E-state index contributed by atoms with van der Waals surface area (Å²) in [5, 5.41) is 0. The van der Waals surface area contributed by atoms with Gasteiger partial charge in [-0.25, -0.2) is 0 Å². The molecule has 0 radical (unpaired) electrons. The second-order valence-electron chi connectivity index (χ2n) is 5.62. The van der Waals surface area contributed by atoms with Crippen LogP contribution in [-0.2, 0) is 6.42 Å². The average Bonchev–Trinajstić information content (AvgIpc) is 2.74. The van der Waals surface area contributed by atoms with Crippen molar-refractivity contribution in [2.45, 2.75) is 39.5 Å². The zero-order valence-corrected chi connectivity index (χ0v) is 12.3. The maximum atomic E-state index is 6.13. The Bertz CT molecular complexity index is 608. The second kappa shape index (κ2) is 5.20. The fourth-order valence-electron chi connectivity index (χ4n) is 3.09. The Morgan fingerprint density at radius 3 is 2.75 bits per heavy atom. The Morgan fingerprint density at radius 1 is 1.15 bits per heavy atom. The van der Waals surface area contributed by atoms with Crippen LogP contribution in [0.1, 0.15) is 25.0 Å². The number of hydrogen-bond acceptors (Lipinski definition) is 2. The molecule has 2 aromatic rings. The average molecular weight is 267 g/mol. The third kappa shape index (κ3) is 2.38. The fraction of sp³-hybridized carbons (Fsp3) is 0.333. The van der Waals surface area contributed by atoms with Gasteiger partial charge in [-0.3, -0.25) is 0 Å². The molecule has 2 nitrogen and oxygen atoms in total. The largest absolute Gasteiger partial charge is 0.471 e. The van der Waals surface area contributed by atoms with Crippen LogP contribution >= 0.6 is 0 Å². The van der Waals surface area contributed by atoms with Gasteiger partial charge in [0.2, 0.25) is 0 Å². The Labute approximate surface area is 121 Å². The molecular weight excluding hydrogens is 246 g/mol. The number of rotatable bonds is 3. The molecule has 0 amide bonds. The number of hydrogen-bond donors (Lipinski definition) is 0. The minimum Gasteiger partial charge on any atom is -0.471 e. The highest BCUT2D eigenvalue weighted by Crippen LogP contribution is 2.34. The van der Waals surface area contributed by atoms with Crippen molar-refractivity contribution in [2.75, 3.05) is 4.90 Å². The van der Waals surface area contributed by atoms with Crippen molar-refractivity contribution in [3.05, 3.63) is 59.7 Å². The standard InChI is InChI=1S/C18H21NO/c1-13-7-6-9-17(11-13)20-15(3)19-14(2)12-16-8-4-5-10-18(16)19/h4-11,14-15H,12H2,1-3H3. The molecule has 2 aromatic carbocycles. The molecule has 1 aliphatic heterocycles. The lowest BCUT2D eigenvalue weighted by Gasteiger charge is -2.31. The zero-order valence-electron chi connectivity index (χ0n) is 12.3. The first-order valence-electron chi connectivity index (χ1n) is 7.25. The zero-order chi connectivity index (χ0) is 14.1. The number of anilines is 1. The van der Waals surface area contributed by atoms with Gasteiger partial charge in [-0.05, 0) is 56.5 Å². The van der Waals surface area contributed by atoms with Crippen molar-refractivity contribution < 1.29 is 4.74 Å². The number of ether oxygens (including phenoxy) is 1. The maximum absolute atomic E-state index is 6.13. The van der Waals surface area contributed by atoms with E-state index in [1.165, 1.54) is 16.8 Å². The maximum Gasteiger partial charge on any atom is 0.169 e. The summed E-state index contributed by atoms with van der Waals surface area (Å²) in [6.45, 7) is 6.47. The molecule has 2 heteroatoms. The molecule has 20 heavy (non-hydrogen) atoms. The van der Waals surface area contributed by atoms with E-state index in [1.54, 1.807) is 0 Å². The molecule has 0 aromatic heterocycles. The van der Waals surface area contributed by atoms with Gasteiger partial charge >= 0.3 is 0 Å². The van der Waals surface area contributed by atoms with Crippen LogP contribution in [0.25, 0.3) is 0 Å². The molecule has 0 fully saturated rings. The van der Waals surface area contributed by atoms with Crippen LogP contribution in [0.4, 0.5) is 5.69 Å². The van der Waals surface area contributed by atoms with Crippen molar-refractivity contribution >= 4 is 5.69 Å². The van der Waals surface area contributed by atoms with Crippen LogP contribution in [0.5, 0.6) is 5.75 Å². The first-order chi connectivity index (χ1) is 9.65. The van der Waals surface area contributed by atoms with E-state index < -0.39 is 0 Å². The van der Waals surface area contributed by atoms with Gasteiger partial charge < -0.3 is 9.64 Å². The summed E-state index contributed by atoms with van der Waals surface area (Å²) in [4.78, 5) is 2.37. The number of nitrogens with zero attached hydrogens (tertiary/aromatic N) is 1. The molecule has 0 saturated heterocycles. The van der Waals surface area contributed by atoms with Crippen LogP contribution in [0.3, 0.4) is 0 Å². The summed E-state index contributed by atoms with van der Waals surface area (Å²) < 4.78 is 6.13. The van der Waals surface area contributed by atoms with Gasteiger partial charge in [-0.1, -0.05) is 30.3 Å². The summed E-state index contributed by atoms with van der Waals surface area (Å²) in [5.41, 5.74) is 3.95. The lowest BCUT2D eigenvalue weighted by Crippen LogP contribution is -2.41. The first kappa shape index (κ1) is 13.0. The van der Waals surface area contributed by atoms with Crippen LogP contribution in [0.2, 0.25) is 0 Å². The number of aryl methyl sites for hydroxylation is 1. The van der Waals surface area contributed by atoms with Crippen LogP contribution in [0, 0.1) is 6.92 Å². The topological polar surface area (TPSA) is 12.5 Å². The fourth-order valence-corrected chi connectivity index (χ4v) is 3.09. The van der Waals surface area contributed by atoms with Crippen molar-refractivity contribution in [1.29, 1.82) is 0 Å². The summed E-state index contributed by atoms with van der Waals surface area (Å²) in [5.74, 6) is 0.939. The molecule has 0 aliphatic carbocycles. The molecule has 0 spiro atoms. The molecule has 3 rings (SSSR count). The molecule has 0 bridgehead atoms. The Balaban J connectivity index is 1.82. The number of fused-ring (bicyclic) bond motifs is 1. The van der Waals surface area contributed by atoms with E-state index in [2.05, 4.69) is 62.1 Å². The van der Waals surface area contributed by atoms with Gasteiger partial charge in [-0.2, -0.15) is 0 Å². The smallest absolute Gasteiger partial charge is 0.169 e. The van der Waals surface area contributed by atoms with E-state index in [-0.39, 0.29) is 6.23 Å². The van der Waals surface area contributed by atoms with E-state index >= 15 is 0 Å². The lowest BCUT2D eigenvalue weighted by molar-refractivity contribution is 0.207. The van der Waals surface area contributed by atoms with Crippen molar-refractivity contribution in [1.82, 2.24) is 0 Å². The van der Waals surface area contributed by atoms with Crippen LogP contribution in [0.15, 0.2) is 48.5 Å². The quantitative estimate of drug-likeness (QED) is 0.827. The minimum absolute atomic E-state index is 0.0375. The highest BCUT2D eigenvalue weighted by molar-refractivity contribution is 5.59. The third-order valence-corrected chi connectivity index (χ3v) is 3.95. The lowest BCUT2D eigenvalue weighted by atomic mass is 10.1. The third-order valence-electron chi connectivity index (χ3n) is 3.95. The predicted molar refractivity (Wildman–Crippen MR) is 83.4 cm³/mol. The van der Waals surface area contributed by atoms with Gasteiger partial charge in [0.15, 0.2) is 6.23 Å². The van der Waals surface area contributed by atoms with Gasteiger partial charge in [0.25, 0.3) is 0 Å².